The standard InChI is InChI=1S/C16H17NO2/c1-3-7-14-12(5-1)16(19-10-11-9-18-11)13-6-2-4-8-15(13)17-14/h1,3,5,7,11H,2,4,6,8-10H2. The molecule has 0 saturated carbocycles. The summed E-state index contributed by atoms with van der Waals surface area (Å²) in [5.74, 6) is 1.05. The average molecular weight is 255 g/mol. The first-order chi connectivity index (χ1) is 9.42. The minimum atomic E-state index is 0.297. The summed E-state index contributed by atoms with van der Waals surface area (Å²) < 4.78 is 11.3. The predicted octanol–water partition coefficient (Wildman–Crippen LogP) is 2.89. The molecule has 0 amide bonds. The number of benzene rings is 1. The van der Waals surface area contributed by atoms with Gasteiger partial charge in [0.05, 0.1) is 12.1 Å². The number of ether oxygens (including phenoxy) is 2. The molecule has 1 aromatic carbocycles. The summed E-state index contributed by atoms with van der Waals surface area (Å²) in [7, 11) is 0. The highest BCUT2D eigenvalue weighted by molar-refractivity contribution is 5.87. The fraction of sp³-hybridized carbons (Fsp3) is 0.438. The van der Waals surface area contributed by atoms with E-state index < -0.39 is 0 Å². The van der Waals surface area contributed by atoms with Crippen molar-refractivity contribution in [3.63, 3.8) is 0 Å². The smallest absolute Gasteiger partial charge is 0.133 e. The minimum absolute atomic E-state index is 0.297. The first-order valence-corrected chi connectivity index (χ1v) is 7.07. The number of nitrogens with zero attached hydrogens (tertiary/aromatic N) is 1. The van der Waals surface area contributed by atoms with Gasteiger partial charge in [0.2, 0.25) is 0 Å². The van der Waals surface area contributed by atoms with Gasteiger partial charge in [-0.25, -0.2) is 0 Å². The van der Waals surface area contributed by atoms with Gasteiger partial charge < -0.3 is 9.47 Å². The Morgan fingerprint density at radius 3 is 2.95 bits per heavy atom. The van der Waals surface area contributed by atoms with Crippen LogP contribution in [0.15, 0.2) is 24.3 Å². The number of pyridine rings is 1. The summed E-state index contributed by atoms with van der Waals surface area (Å²) in [6.07, 6.45) is 4.95. The quantitative estimate of drug-likeness (QED) is 0.791. The molecule has 98 valence electrons. The van der Waals surface area contributed by atoms with Crippen LogP contribution in [0.25, 0.3) is 10.9 Å². The predicted molar refractivity (Wildman–Crippen MR) is 73.6 cm³/mol. The van der Waals surface area contributed by atoms with Crippen LogP contribution in [0.5, 0.6) is 5.75 Å². The molecule has 0 spiro atoms. The fourth-order valence-corrected chi connectivity index (χ4v) is 2.83. The first kappa shape index (κ1) is 11.2. The second kappa shape index (κ2) is 4.49. The number of epoxide rings is 1. The molecule has 1 saturated heterocycles. The van der Waals surface area contributed by atoms with Crippen LogP contribution in [-0.4, -0.2) is 24.3 Å². The van der Waals surface area contributed by atoms with Gasteiger partial charge in [-0.2, -0.15) is 0 Å². The highest BCUT2D eigenvalue weighted by atomic mass is 16.6. The number of para-hydroxylation sites is 1. The van der Waals surface area contributed by atoms with Gasteiger partial charge in [-0.05, 0) is 37.8 Å². The molecule has 1 fully saturated rings. The van der Waals surface area contributed by atoms with E-state index in [1.165, 1.54) is 24.1 Å². The number of rotatable bonds is 3. The molecule has 2 heterocycles. The number of aromatic nitrogens is 1. The van der Waals surface area contributed by atoms with Crippen LogP contribution in [0.2, 0.25) is 0 Å². The molecular weight excluding hydrogens is 238 g/mol. The van der Waals surface area contributed by atoms with Gasteiger partial charge in [-0.15, -0.1) is 0 Å². The topological polar surface area (TPSA) is 34.6 Å². The van der Waals surface area contributed by atoms with E-state index in [2.05, 4.69) is 18.2 Å². The Kier molecular flexibility index (Phi) is 2.66. The van der Waals surface area contributed by atoms with Crippen LogP contribution in [-0.2, 0) is 17.6 Å². The molecule has 2 aliphatic rings. The maximum Gasteiger partial charge on any atom is 0.133 e. The Hall–Kier alpha value is -1.61. The molecule has 3 nitrogen and oxygen atoms in total. The second-order valence-electron chi connectivity index (χ2n) is 5.36. The Bertz CT molecular complexity index is 619. The summed E-state index contributed by atoms with van der Waals surface area (Å²) in [4.78, 5) is 4.81. The maximum atomic E-state index is 6.08. The zero-order chi connectivity index (χ0) is 12.7. The van der Waals surface area contributed by atoms with E-state index in [1.54, 1.807) is 0 Å². The summed E-state index contributed by atoms with van der Waals surface area (Å²) in [6.45, 7) is 1.51. The van der Waals surface area contributed by atoms with E-state index in [0.29, 0.717) is 12.7 Å². The van der Waals surface area contributed by atoms with Crippen LogP contribution in [0.3, 0.4) is 0 Å². The lowest BCUT2D eigenvalue weighted by molar-refractivity contribution is 0.262. The molecule has 4 rings (SSSR count). The lowest BCUT2D eigenvalue weighted by Gasteiger charge is -2.20. The van der Waals surface area contributed by atoms with Crippen molar-refractivity contribution >= 4 is 10.9 Å². The molecule has 1 aliphatic heterocycles. The van der Waals surface area contributed by atoms with Crippen LogP contribution in [0, 0.1) is 0 Å². The highest BCUT2D eigenvalue weighted by Gasteiger charge is 2.25. The van der Waals surface area contributed by atoms with Crippen molar-refractivity contribution in [1.82, 2.24) is 4.98 Å². The molecule has 0 radical (unpaired) electrons. The van der Waals surface area contributed by atoms with Crippen molar-refractivity contribution in [2.24, 2.45) is 0 Å². The number of hydrogen-bond donors (Lipinski definition) is 0. The second-order valence-corrected chi connectivity index (χ2v) is 5.36. The molecule has 19 heavy (non-hydrogen) atoms. The molecule has 1 aromatic heterocycles. The molecular formula is C16H17NO2. The van der Waals surface area contributed by atoms with Crippen molar-refractivity contribution < 1.29 is 9.47 Å². The van der Waals surface area contributed by atoms with Crippen LogP contribution in [0.1, 0.15) is 24.1 Å². The molecule has 1 unspecified atom stereocenters. The summed E-state index contributed by atoms with van der Waals surface area (Å²) in [5.41, 5.74) is 3.61. The number of aryl methyl sites for hydroxylation is 1. The van der Waals surface area contributed by atoms with Gasteiger partial charge in [0.25, 0.3) is 0 Å². The normalized spacial score (nSPS) is 21.2. The van der Waals surface area contributed by atoms with Gasteiger partial charge in [-0.1, -0.05) is 12.1 Å². The van der Waals surface area contributed by atoms with Crippen molar-refractivity contribution in [2.75, 3.05) is 13.2 Å². The van der Waals surface area contributed by atoms with Gasteiger partial charge in [0, 0.05) is 16.6 Å². The van der Waals surface area contributed by atoms with Gasteiger partial charge in [0.15, 0.2) is 0 Å². The molecule has 3 heteroatoms. The Morgan fingerprint density at radius 2 is 2.05 bits per heavy atom. The SMILES string of the molecule is c1ccc2c(OCC3CO3)c3c(nc2c1)CCCC3. The van der Waals surface area contributed by atoms with E-state index >= 15 is 0 Å². The number of fused-ring (bicyclic) bond motifs is 2. The lowest BCUT2D eigenvalue weighted by Crippen LogP contribution is -2.12. The van der Waals surface area contributed by atoms with E-state index in [9.17, 15) is 0 Å². The van der Waals surface area contributed by atoms with Gasteiger partial charge in [0.1, 0.15) is 18.5 Å². The van der Waals surface area contributed by atoms with E-state index in [1.807, 2.05) is 6.07 Å². The third-order valence-electron chi connectivity index (χ3n) is 3.93. The highest BCUT2D eigenvalue weighted by Crippen LogP contribution is 2.35. The van der Waals surface area contributed by atoms with Crippen molar-refractivity contribution in [2.45, 2.75) is 31.8 Å². The van der Waals surface area contributed by atoms with Crippen molar-refractivity contribution in [1.29, 1.82) is 0 Å². The van der Waals surface area contributed by atoms with Crippen molar-refractivity contribution in [3.8, 4) is 5.75 Å². The van der Waals surface area contributed by atoms with E-state index in [4.69, 9.17) is 14.5 Å². The van der Waals surface area contributed by atoms with Crippen molar-refractivity contribution in [3.05, 3.63) is 35.5 Å². The van der Waals surface area contributed by atoms with Gasteiger partial charge >= 0.3 is 0 Å². The molecule has 0 bridgehead atoms. The Labute approximate surface area is 112 Å². The fourth-order valence-electron chi connectivity index (χ4n) is 2.83. The Morgan fingerprint density at radius 1 is 1.21 bits per heavy atom. The minimum Gasteiger partial charge on any atom is -0.490 e. The number of hydrogen-bond acceptors (Lipinski definition) is 3. The third kappa shape index (κ3) is 2.08. The molecule has 0 N–H and O–H groups in total. The third-order valence-corrected chi connectivity index (χ3v) is 3.93. The molecule has 2 aromatic rings. The molecule has 1 atom stereocenters. The first-order valence-electron chi connectivity index (χ1n) is 7.07. The summed E-state index contributed by atoms with van der Waals surface area (Å²) in [6, 6.07) is 8.28. The van der Waals surface area contributed by atoms with Crippen LogP contribution < -0.4 is 4.74 Å². The zero-order valence-electron chi connectivity index (χ0n) is 10.9. The largest absolute Gasteiger partial charge is 0.490 e. The van der Waals surface area contributed by atoms with E-state index in [0.717, 1.165) is 36.1 Å². The monoisotopic (exact) mass is 255 g/mol. The van der Waals surface area contributed by atoms with Crippen LogP contribution in [0.4, 0.5) is 0 Å². The average Bonchev–Trinajstić information content (AvgIpc) is 3.27. The Balaban J connectivity index is 1.84. The maximum absolute atomic E-state index is 6.08. The van der Waals surface area contributed by atoms with E-state index in [-0.39, 0.29) is 0 Å². The zero-order valence-corrected chi connectivity index (χ0v) is 10.9. The summed E-state index contributed by atoms with van der Waals surface area (Å²) >= 11 is 0. The summed E-state index contributed by atoms with van der Waals surface area (Å²) in [5, 5.41) is 1.14. The van der Waals surface area contributed by atoms with Crippen LogP contribution >= 0.6 is 0 Å². The lowest BCUT2D eigenvalue weighted by atomic mass is 9.93. The van der Waals surface area contributed by atoms with Gasteiger partial charge in [-0.3, -0.25) is 4.98 Å². The molecule has 1 aliphatic carbocycles.